The van der Waals surface area contributed by atoms with Gasteiger partial charge in [0.05, 0.1) is 11.4 Å². The molecule has 1 aliphatic rings. The Hall–Kier alpha value is -1.76. The Morgan fingerprint density at radius 1 is 1.26 bits per heavy atom. The molecule has 2 rings (SSSR count). The number of hydrogen-bond acceptors (Lipinski definition) is 4. The number of nitrogens with one attached hydrogen (secondary N) is 2. The van der Waals surface area contributed by atoms with Crippen LogP contribution < -0.4 is 14.9 Å². The third-order valence-corrected chi connectivity index (χ3v) is 5.90. The van der Waals surface area contributed by atoms with Crippen molar-refractivity contribution in [2.75, 3.05) is 21.9 Å². The second-order valence-corrected chi connectivity index (χ2v) is 7.99. The van der Waals surface area contributed by atoms with Gasteiger partial charge in [-0.05, 0) is 51.0 Å². The van der Waals surface area contributed by atoms with Gasteiger partial charge in [-0.25, -0.2) is 8.42 Å². The van der Waals surface area contributed by atoms with Crippen LogP contribution in [0, 0.1) is 0 Å². The van der Waals surface area contributed by atoms with Crippen molar-refractivity contribution in [3.63, 3.8) is 0 Å². The van der Waals surface area contributed by atoms with E-state index >= 15 is 0 Å². The highest BCUT2D eigenvalue weighted by Gasteiger charge is 2.28. The third kappa shape index (κ3) is 4.37. The summed E-state index contributed by atoms with van der Waals surface area (Å²) in [4.78, 5) is 12.0. The van der Waals surface area contributed by atoms with Gasteiger partial charge in [0, 0.05) is 18.3 Å². The maximum Gasteiger partial charge on any atom is 0.242 e. The lowest BCUT2D eigenvalue weighted by molar-refractivity contribution is -0.122. The van der Waals surface area contributed by atoms with Gasteiger partial charge in [0.25, 0.3) is 0 Å². The molecular formula is C16H25N3O3S. The molecule has 1 aliphatic heterocycles. The van der Waals surface area contributed by atoms with E-state index in [9.17, 15) is 13.2 Å². The van der Waals surface area contributed by atoms with E-state index in [-0.39, 0.29) is 23.7 Å². The van der Waals surface area contributed by atoms with E-state index in [1.807, 2.05) is 13.8 Å². The number of benzene rings is 1. The van der Waals surface area contributed by atoms with E-state index in [1.165, 1.54) is 4.31 Å². The molecule has 0 saturated carbocycles. The number of amides is 1. The zero-order valence-corrected chi connectivity index (χ0v) is 14.7. The standard InChI is InChI=1S/C16H25N3O3S/c1-4-12(2)17-16(20)13(3)18-14-6-8-15(9-7-14)19-10-5-11-23(19,21)22/h6-9,12-13,18H,4-5,10-11H2,1-3H3,(H,17,20). The summed E-state index contributed by atoms with van der Waals surface area (Å²) in [6.07, 6.45) is 1.55. The molecular weight excluding hydrogens is 314 g/mol. The second-order valence-electron chi connectivity index (χ2n) is 5.97. The minimum Gasteiger partial charge on any atom is -0.374 e. The summed E-state index contributed by atoms with van der Waals surface area (Å²) in [6, 6.07) is 6.93. The van der Waals surface area contributed by atoms with E-state index in [2.05, 4.69) is 10.6 Å². The first-order valence-electron chi connectivity index (χ1n) is 8.01. The monoisotopic (exact) mass is 339 g/mol. The van der Waals surface area contributed by atoms with Crippen LogP contribution in [-0.4, -0.2) is 38.7 Å². The summed E-state index contributed by atoms with van der Waals surface area (Å²) in [6.45, 7) is 6.32. The lowest BCUT2D eigenvalue weighted by atomic mass is 10.2. The van der Waals surface area contributed by atoms with Gasteiger partial charge in [-0.3, -0.25) is 9.10 Å². The summed E-state index contributed by atoms with van der Waals surface area (Å²) in [7, 11) is -3.16. The minimum atomic E-state index is -3.16. The minimum absolute atomic E-state index is 0.0504. The average molecular weight is 339 g/mol. The number of nitrogens with zero attached hydrogens (tertiary/aromatic N) is 1. The van der Waals surface area contributed by atoms with Crippen molar-refractivity contribution >= 4 is 27.3 Å². The molecule has 0 aliphatic carbocycles. The van der Waals surface area contributed by atoms with Gasteiger partial charge >= 0.3 is 0 Å². The highest BCUT2D eigenvalue weighted by Crippen LogP contribution is 2.25. The normalized spacial score (nSPS) is 19.2. The molecule has 0 aromatic heterocycles. The molecule has 2 atom stereocenters. The molecule has 1 saturated heterocycles. The number of carbonyl (C=O) groups is 1. The van der Waals surface area contributed by atoms with Gasteiger partial charge in [0.2, 0.25) is 15.9 Å². The van der Waals surface area contributed by atoms with E-state index in [0.717, 1.165) is 12.1 Å². The van der Waals surface area contributed by atoms with E-state index in [0.29, 0.717) is 18.7 Å². The van der Waals surface area contributed by atoms with Crippen molar-refractivity contribution in [3.8, 4) is 0 Å². The predicted molar refractivity (Wildman–Crippen MR) is 93.2 cm³/mol. The van der Waals surface area contributed by atoms with Crippen molar-refractivity contribution in [2.24, 2.45) is 0 Å². The Morgan fingerprint density at radius 2 is 1.91 bits per heavy atom. The maximum absolute atomic E-state index is 12.0. The molecule has 1 aromatic carbocycles. The van der Waals surface area contributed by atoms with E-state index in [1.54, 1.807) is 31.2 Å². The zero-order valence-electron chi connectivity index (χ0n) is 13.9. The van der Waals surface area contributed by atoms with Crippen LogP contribution in [0.1, 0.15) is 33.6 Å². The zero-order chi connectivity index (χ0) is 17.0. The summed E-state index contributed by atoms with van der Waals surface area (Å²) >= 11 is 0. The van der Waals surface area contributed by atoms with Gasteiger partial charge in [-0.15, -0.1) is 0 Å². The lowest BCUT2D eigenvalue weighted by Crippen LogP contribution is -2.41. The fourth-order valence-electron chi connectivity index (χ4n) is 2.44. The van der Waals surface area contributed by atoms with Gasteiger partial charge in [-0.1, -0.05) is 6.92 Å². The molecule has 0 radical (unpaired) electrons. The van der Waals surface area contributed by atoms with Crippen molar-refractivity contribution in [1.29, 1.82) is 0 Å². The van der Waals surface area contributed by atoms with Crippen LogP contribution in [0.15, 0.2) is 24.3 Å². The van der Waals surface area contributed by atoms with Crippen molar-refractivity contribution in [3.05, 3.63) is 24.3 Å². The summed E-state index contributed by atoms with van der Waals surface area (Å²) in [5.74, 6) is 0.158. The number of anilines is 2. The lowest BCUT2D eigenvalue weighted by Gasteiger charge is -2.20. The topological polar surface area (TPSA) is 78.5 Å². The number of hydrogen-bond donors (Lipinski definition) is 2. The highest BCUT2D eigenvalue weighted by molar-refractivity contribution is 7.93. The summed E-state index contributed by atoms with van der Waals surface area (Å²) in [5, 5.41) is 6.06. The molecule has 7 heteroatoms. The second kappa shape index (κ2) is 7.21. The fourth-order valence-corrected chi connectivity index (χ4v) is 4.00. The van der Waals surface area contributed by atoms with Crippen LogP contribution in [0.25, 0.3) is 0 Å². The number of rotatable bonds is 6. The van der Waals surface area contributed by atoms with Crippen molar-refractivity contribution < 1.29 is 13.2 Å². The molecule has 1 amide bonds. The molecule has 2 unspecified atom stereocenters. The largest absolute Gasteiger partial charge is 0.374 e. The van der Waals surface area contributed by atoms with Crippen LogP contribution in [0.5, 0.6) is 0 Å². The number of carbonyl (C=O) groups excluding carboxylic acids is 1. The Balaban J connectivity index is 1.99. The molecule has 1 fully saturated rings. The quantitative estimate of drug-likeness (QED) is 0.830. The summed E-state index contributed by atoms with van der Waals surface area (Å²) < 4.78 is 25.2. The number of sulfonamides is 1. The van der Waals surface area contributed by atoms with Crippen LogP contribution in [-0.2, 0) is 14.8 Å². The fraction of sp³-hybridized carbons (Fsp3) is 0.562. The molecule has 0 bridgehead atoms. The first-order valence-corrected chi connectivity index (χ1v) is 9.62. The Kier molecular flexibility index (Phi) is 5.51. The molecule has 128 valence electrons. The van der Waals surface area contributed by atoms with Crippen LogP contribution >= 0.6 is 0 Å². The third-order valence-electron chi connectivity index (χ3n) is 4.03. The van der Waals surface area contributed by atoms with E-state index < -0.39 is 10.0 Å². The Bertz CT molecular complexity index is 643. The Morgan fingerprint density at radius 3 is 2.43 bits per heavy atom. The molecule has 23 heavy (non-hydrogen) atoms. The molecule has 1 heterocycles. The SMILES string of the molecule is CCC(C)NC(=O)C(C)Nc1ccc(N2CCCS2(=O)=O)cc1. The van der Waals surface area contributed by atoms with Crippen LogP contribution in [0.2, 0.25) is 0 Å². The maximum atomic E-state index is 12.0. The summed E-state index contributed by atoms with van der Waals surface area (Å²) in [5.41, 5.74) is 1.46. The Labute approximate surface area is 138 Å². The van der Waals surface area contributed by atoms with E-state index in [4.69, 9.17) is 0 Å². The molecule has 0 spiro atoms. The van der Waals surface area contributed by atoms with Gasteiger partial charge < -0.3 is 10.6 Å². The highest BCUT2D eigenvalue weighted by atomic mass is 32.2. The average Bonchev–Trinajstić information content (AvgIpc) is 2.87. The van der Waals surface area contributed by atoms with Gasteiger partial charge in [0.1, 0.15) is 6.04 Å². The first kappa shape index (κ1) is 17.6. The van der Waals surface area contributed by atoms with Crippen molar-refractivity contribution in [2.45, 2.75) is 45.7 Å². The van der Waals surface area contributed by atoms with Gasteiger partial charge in [-0.2, -0.15) is 0 Å². The molecule has 1 aromatic rings. The van der Waals surface area contributed by atoms with Crippen LogP contribution in [0.4, 0.5) is 11.4 Å². The smallest absolute Gasteiger partial charge is 0.242 e. The first-order chi connectivity index (χ1) is 10.8. The van der Waals surface area contributed by atoms with Gasteiger partial charge in [0.15, 0.2) is 0 Å². The van der Waals surface area contributed by atoms with Crippen molar-refractivity contribution in [1.82, 2.24) is 5.32 Å². The van der Waals surface area contributed by atoms with Crippen LogP contribution in [0.3, 0.4) is 0 Å². The molecule has 2 N–H and O–H groups in total. The molecule has 6 nitrogen and oxygen atoms in total. The predicted octanol–water partition coefficient (Wildman–Crippen LogP) is 1.94.